The Bertz CT molecular complexity index is 636. The van der Waals surface area contributed by atoms with Gasteiger partial charge in [0.25, 0.3) is 0 Å². The summed E-state index contributed by atoms with van der Waals surface area (Å²) in [5, 5.41) is 0. The Labute approximate surface area is 134 Å². The van der Waals surface area contributed by atoms with Crippen LogP contribution in [0.2, 0.25) is 0 Å². The smallest absolute Gasteiger partial charge is 0.0702 e. The molecule has 0 saturated heterocycles. The molecule has 1 nitrogen and oxygen atoms in total. The third kappa shape index (κ3) is 2.27. The van der Waals surface area contributed by atoms with Crippen LogP contribution in [0.5, 0.6) is 0 Å². The van der Waals surface area contributed by atoms with Gasteiger partial charge in [-0.2, -0.15) is 0 Å². The molecule has 22 heavy (non-hydrogen) atoms. The molecule has 1 aromatic heterocycles. The molecule has 1 aromatic rings. The highest BCUT2D eigenvalue weighted by Crippen LogP contribution is 2.62. The average molecular weight is 293 g/mol. The number of aryl methyl sites for hydroxylation is 1. The summed E-state index contributed by atoms with van der Waals surface area (Å²) in [6.45, 7) is 16.6. The number of aromatic nitrogens is 1. The summed E-state index contributed by atoms with van der Waals surface area (Å²) in [7, 11) is 0. The fraction of sp³-hybridized carbons (Fsp3) is 0.476. The summed E-state index contributed by atoms with van der Waals surface area (Å²) in [5.74, 6) is 1.52. The van der Waals surface area contributed by atoms with Gasteiger partial charge in [-0.05, 0) is 72.1 Å². The van der Waals surface area contributed by atoms with Crippen LogP contribution in [0, 0.1) is 11.3 Å². The van der Waals surface area contributed by atoms with Gasteiger partial charge >= 0.3 is 0 Å². The molecule has 0 spiro atoms. The van der Waals surface area contributed by atoms with Crippen molar-refractivity contribution in [2.45, 2.75) is 51.9 Å². The van der Waals surface area contributed by atoms with Gasteiger partial charge in [0.1, 0.15) is 0 Å². The summed E-state index contributed by atoms with van der Waals surface area (Å²) in [5.41, 5.74) is 6.76. The second-order valence-electron chi connectivity index (χ2n) is 7.45. The van der Waals surface area contributed by atoms with Crippen molar-refractivity contribution in [2.75, 3.05) is 0 Å². The van der Waals surface area contributed by atoms with Crippen molar-refractivity contribution in [3.8, 4) is 0 Å². The number of rotatable bonds is 6. The van der Waals surface area contributed by atoms with Crippen LogP contribution in [0.1, 0.15) is 61.5 Å². The van der Waals surface area contributed by atoms with E-state index in [1.165, 1.54) is 24.1 Å². The first-order chi connectivity index (χ1) is 10.5. The lowest BCUT2D eigenvalue weighted by Gasteiger charge is -2.57. The molecule has 116 valence electrons. The van der Waals surface area contributed by atoms with Crippen LogP contribution in [0.15, 0.2) is 38.0 Å². The number of unbranched alkanes of at least 4 members (excludes halogenated alkanes) is 1. The summed E-state index contributed by atoms with van der Waals surface area (Å²) in [6, 6.07) is 2.27. The Morgan fingerprint density at radius 3 is 2.82 bits per heavy atom. The molecule has 0 amide bonds. The largest absolute Gasteiger partial charge is 0.253 e. The van der Waals surface area contributed by atoms with Crippen molar-refractivity contribution >= 4 is 5.57 Å². The minimum atomic E-state index is 0.443. The van der Waals surface area contributed by atoms with E-state index in [0.29, 0.717) is 11.3 Å². The van der Waals surface area contributed by atoms with E-state index in [4.69, 9.17) is 4.98 Å². The maximum atomic E-state index is 4.96. The highest BCUT2D eigenvalue weighted by Gasteiger charge is 2.53. The zero-order valence-electron chi connectivity index (χ0n) is 14.0. The SMILES string of the molecule is C=CCCCc1nc(C(=C)C=C)cc2c1C1CC(C2)C1(C)C. The number of hydrogen-bond acceptors (Lipinski definition) is 1. The summed E-state index contributed by atoms with van der Waals surface area (Å²) < 4.78 is 0. The van der Waals surface area contributed by atoms with Gasteiger partial charge in [-0.3, -0.25) is 4.98 Å². The third-order valence-electron chi connectivity index (χ3n) is 5.91. The van der Waals surface area contributed by atoms with Crippen LogP contribution in [0.25, 0.3) is 5.57 Å². The van der Waals surface area contributed by atoms with Crippen molar-refractivity contribution < 1.29 is 0 Å². The van der Waals surface area contributed by atoms with Gasteiger partial charge in [-0.1, -0.05) is 39.2 Å². The summed E-state index contributed by atoms with van der Waals surface area (Å²) in [4.78, 5) is 4.96. The van der Waals surface area contributed by atoms with Crippen LogP contribution in [-0.2, 0) is 12.8 Å². The van der Waals surface area contributed by atoms with E-state index in [1.54, 1.807) is 5.56 Å². The van der Waals surface area contributed by atoms with Crippen molar-refractivity contribution in [1.29, 1.82) is 0 Å². The molecule has 1 fully saturated rings. The lowest BCUT2D eigenvalue weighted by molar-refractivity contribution is 0.0175. The van der Waals surface area contributed by atoms with E-state index in [-0.39, 0.29) is 0 Å². The van der Waals surface area contributed by atoms with Gasteiger partial charge in [0.05, 0.1) is 5.69 Å². The maximum absolute atomic E-state index is 4.96. The average Bonchev–Trinajstić information content (AvgIpc) is 2.53. The molecule has 3 aliphatic carbocycles. The topological polar surface area (TPSA) is 12.9 Å². The molecule has 1 saturated carbocycles. The van der Waals surface area contributed by atoms with Crippen molar-refractivity contribution in [3.63, 3.8) is 0 Å². The third-order valence-corrected chi connectivity index (χ3v) is 5.91. The maximum Gasteiger partial charge on any atom is 0.0702 e. The Morgan fingerprint density at radius 1 is 1.41 bits per heavy atom. The zero-order chi connectivity index (χ0) is 15.9. The van der Waals surface area contributed by atoms with Gasteiger partial charge in [-0.15, -0.1) is 6.58 Å². The Hall–Kier alpha value is -1.63. The monoisotopic (exact) mass is 293 g/mol. The van der Waals surface area contributed by atoms with Crippen LogP contribution in [-0.4, -0.2) is 4.98 Å². The standard InChI is InChI=1S/C21H27N/c1-6-8-9-10-18-20-15(12-19(22-18)14(3)7-2)11-16-13-17(20)21(16,4)5/h6-7,12,16-17H,1-3,8-11,13H2,4-5H3. The first kappa shape index (κ1) is 15.3. The minimum absolute atomic E-state index is 0.443. The van der Waals surface area contributed by atoms with Crippen molar-refractivity contribution in [1.82, 2.24) is 4.98 Å². The molecule has 2 bridgehead atoms. The van der Waals surface area contributed by atoms with Crippen LogP contribution >= 0.6 is 0 Å². The second kappa shape index (κ2) is 5.53. The van der Waals surface area contributed by atoms with E-state index < -0.39 is 0 Å². The Balaban J connectivity index is 2.03. The van der Waals surface area contributed by atoms with Crippen LogP contribution < -0.4 is 0 Å². The molecule has 2 unspecified atom stereocenters. The van der Waals surface area contributed by atoms with Gasteiger partial charge < -0.3 is 0 Å². The van der Waals surface area contributed by atoms with E-state index in [1.807, 2.05) is 12.2 Å². The number of hydrogen-bond donors (Lipinski definition) is 0. The molecule has 1 heteroatoms. The molecule has 3 aliphatic rings. The van der Waals surface area contributed by atoms with Crippen molar-refractivity contribution in [2.24, 2.45) is 11.3 Å². The molecule has 1 heterocycles. The van der Waals surface area contributed by atoms with E-state index in [2.05, 4.69) is 39.7 Å². The van der Waals surface area contributed by atoms with E-state index in [0.717, 1.165) is 36.4 Å². The van der Waals surface area contributed by atoms with Gasteiger partial charge in [0.2, 0.25) is 0 Å². The molecule has 0 aliphatic heterocycles. The molecular weight excluding hydrogens is 266 g/mol. The molecule has 2 atom stereocenters. The van der Waals surface area contributed by atoms with E-state index >= 15 is 0 Å². The Morgan fingerprint density at radius 2 is 2.18 bits per heavy atom. The molecular formula is C21H27N. The normalized spacial score (nSPS) is 24.1. The Kier molecular flexibility index (Phi) is 3.84. The fourth-order valence-corrected chi connectivity index (χ4v) is 4.25. The molecule has 0 radical (unpaired) electrons. The molecule has 4 rings (SSSR count). The molecule has 0 N–H and O–H groups in total. The second-order valence-corrected chi connectivity index (χ2v) is 7.45. The summed E-state index contributed by atoms with van der Waals surface area (Å²) in [6.07, 6.45) is 9.59. The molecule has 0 aromatic carbocycles. The first-order valence-electron chi connectivity index (χ1n) is 8.44. The van der Waals surface area contributed by atoms with E-state index in [9.17, 15) is 0 Å². The fourth-order valence-electron chi connectivity index (χ4n) is 4.25. The highest BCUT2D eigenvalue weighted by molar-refractivity contribution is 5.70. The van der Waals surface area contributed by atoms with Crippen LogP contribution in [0.4, 0.5) is 0 Å². The lowest BCUT2D eigenvalue weighted by Crippen LogP contribution is -2.48. The summed E-state index contributed by atoms with van der Waals surface area (Å²) >= 11 is 0. The van der Waals surface area contributed by atoms with Crippen molar-refractivity contribution in [3.05, 3.63) is 60.5 Å². The zero-order valence-corrected chi connectivity index (χ0v) is 14.0. The number of nitrogens with zero attached hydrogens (tertiary/aromatic N) is 1. The van der Waals surface area contributed by atoms with Gasteiger partial charge in [0, 0.05) is 5.69 Å². The predicted molar refractivity (Wildman–Crippen MR) is 94.9 cm³/mol. The highest BCUT2D eigenvalue weighted by atomic mass is 14.7. The lowest BCUT2D eigenvalue weighted by atomic mass is 9.47. The van der Waals surface area contributed by atoms with Gasteiger partial charge in [0.15, 0.2) is 0 Å². The quantitative estimate of drug-likeness (QED) is 0.385. The van der Waals surface area contributed by atoms with Crippen LogP contribution in [0.3, 0.4) is 0 Å². The van der Waals surface area contributed by atoms with Gasteiger partial charge in [-0.25, -0.2) is 0 Å². The predicted octanol–water partition coefficient (Wildman–Crippen LogP) is 5.48. The number of allylic oxidation sites excluding steroid dienone is 3. The first-order valence-corrected chi connectivity index (χ1v) is 8.44. The number of pyridine rings is 1. The minimum Gasteiger partial charge on any atom is -0.253 e.